The van der Waals surface area contributed by atoms with E-state index in [9.17, 15) is 4.79 Å². The number of benzene rings is 2. The maximum Gasteiger partial charge on any atom is 0.251 e. The first kappa shape index (κ1) is 20.8. The Morgan fingerprint density at radius 2 is 1.74 bits per heavy atom. The first-order valence-corrected chi connectivity index (χ1v) is 9.39. The number of methoxy groups -OCH3 is 1. The highest BCUT2D eigenvalue weighted by atomic mass is 16.5. The molecule has 1 amide bonds. The first-order valence-electron chi connectivity index (χ1n) is 9.39. The van der Waals surface area contributed by atoms with Crippen LogP contribution in [0.15, 0.2) is 42.5 Å². The van der Waals surface area contributed by atoms with E-state index < -0.39 is 0 Å². The van der Waals surface area contributed by atoms with E-state index >= 15 is 0 Å². The lowest BCUT2D eigenvalue weighted by Gasteiger charge is -2.19. The predicted molar refractivity (Wildman–Crippen MR) is 110 cm³/mol. The Hall–Kier alpha value is -2.49. The molecule has 146 valence electrons. The molecule has 0 spiro atoms. The van der Waals surface area contributed by atoms with Crippen LogP contribution in [0.5, 0.6) is 11.5 Å². The van der Waals surface area contributed by atoms with Crippen molar-refractivity contribution in [3.8, 4) is 11.5 Å². The number of hydrogen-bond acceptors (Lipinski definition) is 3. The quantitative estimate of drug-likeness (QED) is 0.750. The Morgan fingerprint density at radius 3 is 2.30 bits per heavy atom. The Balaban J connectivity index is 2.10. The minimum absolute atomic E-state index is 0.0814. The number of rotatable bonds is 7. The van der Waals surface area contributed by atoms with Gasteiger partial charge in [0.25, 0.3) is 5.91 Å². The Bertz CT molecular complexity index is 758. The number of ether oxygens (including phenoxy) is 2. The van der Waals surface area contributed by atoms with Crippen molar-refractivity contribution in [1.29, 1.82) is 0 Å². The normalized spacial score (nSPS) is 11.4. The largest absolute Gasteiger partial charge is 0.496 e. The van der Waals surface area contributed by atoms with E-state index in [1.165, 1.54) is 5.56 Å². The van der Waals surface area contributed by atoms with Crippen molar-refractivity contribution < 1.29 is 14.3 Å². The standard InChI is InChI=1S/C23H31NO3/c1-16(2)14-24-22(25)17-7-12-21(26-6)18(13-17)15-27-20-10-8-19(9-11-20)23(3,4)5/h7-13,16H,14-15H2,1-6H3,(H,24,25). The van der Waals surface area contributed by atoms with Gasteiger partial charge in [0.1, 0.15) is 18.1 Å². The smallest absolute Gasteiger partial charge is 0.251 e. The van der Waals surface area contributed by atoms with Crippen molar-refractivity contribution in [3.05, 3.63) is 59.2 Å². The van der Waals surface area contributed by atoms with Crippen molar-refractivity contribution in [1.82, 2.24) is 5.32 Å². The molecule has 0 heterocycles. The average molecular weight is 370 g/mol. The number of nitrogens with one attached hydrogen (secondary N) is 1. The topological polar surface area (TPSA) is 47.6 Å². The van der Waals surface area contributed by atoms with E-state index in [1.54, 1.807) is 13.2 Å². The van der Waals surface area contributed by atoms with Crippen LogP contribution in [0.3, 0.4) is 0 Å². The van der Waals surface area contributed by atoms with E-state index in [1.807, 2.05) is 24.3 Å². The molecular formula is C23H31NO3. The summed E-state index contributed by atoms with van der Waals surface area (Å²) < 4.78 is 11.3. The molecule has 2 aromatic rings. The molecule has 0 aliphatic carbocycles. The summed E-state index contributed by atoms with van der Waals surface area (Å²) in [6.07, 6.45) is 0. The van der Waals surface area contributed by atoms with Gasteiger partial charge in [-0.2, -0.15) is 0 Å². The highest BCUT2D eigenvalue weighted by molar-refractivity contribution is 5.94. The number of carbonyl (C=O) groups is 1. The third kappa shape index (κ3) is 6.02. The highest BCUT2D eigenvalue weighted by Crippen LogP contribution is 2.26. The molecule has 27 heavy (non-hydrogen) atoms. The van der Waals surface area contributed by atoms with Gasteiger partial charge in [-0.1, -0.05) is 46.8 Å². The van der Waals surface area contributed by atoms with Crippen LogP contribution >= 0.6 is 0 Å². The molecular weight excluding hydrogens is 338 g/mol. The predicted octanol–water partition coefficient (Wildman–Crippen LogP) is 4.96. The second-order valence-electron chi connectivity index (χ2n) is 8.19. The lowest BCUT2D eigenvalue weighted by Crippen LogP contribution is -2.27. The fraction of sp³-hybridized carbons (Fsp3) is 0.435. The molecule has 0 atom stereocenters. The van der Waals surface area contributed by atoms with Gasteiger partial charge >= 0.3 is 0 Å². The molecule has 0 bridgehead atoms. The zero-order valence-electron chi connectivity index (χ0n) is 17.3. The molecule has 0 unspecified atom stereocenters. The summed E-state index contributed by atoms with van der Waals surface area (Å²) >= 11 is 0. The highest BCUT2D eigenvalue weighted by Gasteiger charge is 2.14. The minimum atomic E-state index is -0.0814. The number of amides is 1. The lowest BCUT2D eigenvalue weighted by molar-refractivity contribution is 0.0949. The van der Waals surface area contributed by atoms with E-state index in [0.29, 0.717) is 30.4 Å². The maximum atomic E-state index is 12.3. The second kappa shape index (κ2) is 8.94. The Kier molecular flexibility index (Phi) is 6.89. The molecule has 0 fully saturated rings. The van der Waals surface area contributed by atoms with Crippen molar-refractivity contribution >= 4 is 5.91 Å². The molecule has 2 rings (SSSR count). The van der Waals surface area contributed by atoms with Crippen LogP contribution in [0.4, 0.5) is 0 Å². The zero-order valence-corrected chi connectivity index (χ0v) is 17.3. The van der Waals surface area contributed by atoms with Crippen LogP contribution in [0.25, 0.3) is 0 Å². The van der Waals surface area contributed by atoms with E-state index in [-0.39, 0.29) is 11.3 Å². The molecule has 0 saturated carbocycles. The molecule has 0 radical (unpaired) electrons. The Morgan fingerprint density at radius 1 is 1.07 bits per heavy atom. The van der Waals surface area contributed by atoms with Gasteiger partial charge in [0.15, 0.2) is 0 Å². The average Bonchev–Trinajstić information content (AvgIpc) is 2.63. The number of carbonyl (C=O) groups excluding carboxylic acids is 1. The third-order valence-corrected chi connectivity index (χ3v) is 4.33. The van der Waals surface area contributed by atoms with Crippen LogP contribution in [0.1, 0.15) is 56.1 Å². The van der Waals surface area contributed by atoms with Crippen LogP contribution in [0, 0.1) is 5.92 Å². The van der Waals surface area contributed by atoms with E-state index in [4.69, 9.17) is 9.47 Å². The van der Waals surface area contributed by atoms with Crippen molar-refractivity contribution in [2.75, 3.05) is 13.7 Å². The molecule has 4 nitrogen and oxygen atoms in total. The van der Waals surface area contributed by atoms with Crippen molar-refractivity contribution in [2.45, 2.75) is 46.6 Å². The summed E-state index contributed by atoms with van der Waals surface area (Å²) in [5.41, 5.74) is 2.82. The summed E-state index contributed by atoms with van der Waals surface area (Å²) in [7, 11) is 1.62. The molecule has 4 heteroatoms. The molecule has 0 aliphatic rings. The molecule has 0 aromatic heterocycles. The monoisotopic (exact) mass is 369 g/mol. The third-order valence-electron chi connectivity index (χ3n) is 4.33. The fourth-order valence-electron chi connectivity index (χ4n) is 2.64. The molecule has 0 aliphatic heterocycles. The summed E-state index contributed by atoms with van der Waals surface area (Å²) in [6, 6.07) is 13.5. The van der Waals surface area contributed by atoms with Gasteiger partial charge in [0.2, 0.25) is 0 Å². The van der Waals surface area contributed by atoms with E-state index in [2.05, 4.69) is 52.1 Å². The van der Waals surface area contributed by atoms with Crippen LogP contribution in [-0.2, 0) is 12.0 Å². The maximum absolute atomic E-state index is 12.3. The van der Waals surface area contributed by atoms with Gasteiger partial charge in [-0.15, -0.1) is 0 Å². The van der Waals surface area contributed by atoms with Crippen LogP contribution in [0.2, 0.25) is 0 Å². The molecule has 0 saturated heterocycles. The summed E-state index contributed by atoms with van der Waals surface area (Å²) in [5.74, 6) is 1.83. The molecule has 2 aromatic carbocycles. The molecule has 1 N–H and O–H groups in total. The van der Waals surface area contributed by atoms with Crippen molar-refractivity contribution in [2.24, 2.45) is 5.92 Å². The SMILES string of the molecule is COc1ccc(C(=O)NCC(C)C)cc1COc1ccc(C(C)(C)C)cc1. The summed E-state index contributed by atoms with van der Waals surface area (Å²) in [4.78, 5) is 12.3. The van der Waals surface area contributed by atoms with Gasteiger partial charge in [0.05, 0.1) is 7.11 Å². The first-order chi connectivity index (χ1) is 12.7. The van der Waals surface area contributed by atoms with Crippen molar-refractivity contribution in [3.63, 3.8) is 0 Å². The number of hydrogen-bond donors (Lipinski definition) is 1. The minimum Gasteiger partial charge on any atom is -0.496 e. The fourth-order valence-corrected chi connectivity index (χ4v) is 2.64. The van der Waals surface area contributed by atoms with Gasteiger partial charge < -0.3 is 14.8 Å². The lowest BCUT2D eigenvalue weighted by atomic mass is 9.87. The van der Waals surface area contributed by atoms with Crippen LogP contribution in [-0.4, -0.2) is 19.6 Å². The summed E-state index contributed by atoms with van der Waals surface area (Å²) in [5, 5.41) is 2.94. The van der Waals surface area contributed by atoms with Gasteiger partial charge in [0, 0.05) is 17.7 Å². The van der Waals surface area contributed by atoms with Crippen LogP contribution < -0.4 is 14.8 Å². The second-order valence-corrected chi connectivity index (χ2v) is 8.19. The summed E-state index contributed by atoms with van der Waals surface area (Å²) in [6.45, 7) is 11.7. The van der Waals surface area contributed by atoms with Gasteiger partial charge in [-0.25, -0.2) is 0 Å². The van der Waals surface area contributed by atoms with Gasteiger partial charge in [-0.3, -0.25) is 4.79 Å². The van der Waals surface area contributed by atoms with Gasteiger partial charge in [-0.05, 0) is 47.2 Å². The Labute approximate surface area is 162 Å². The van der Waals surface area contributed by atoms with E-state index in [0.717, 1.165) is 11.3 Å². The zero-order chi connectivity index (χ0) is 20.0.